The van der Waals surface area contributed by atoms with E-state index in [1.165, 1.54) is 6.92 Å². The molecule has 0 aliphatic carbocycles. The third-order valence-electron chi connectivity index (χ3n) is 2.71. The Labute approximate surface area is 93.0 Å². The molecule has 0 radical (unpaired) electrons. The summed E-state index contributed by atoms with van der Waals surface area (Å²) in [6.45, 7) is 3.30. The summed E-state index contributed by atoms with van der Waals surface area (Å²) < 4.78 is 31.6. The minimum Gasteiger partial charge on any atom is -0.461 e. The smallest absolute Gasteiger partial charge is 0.380 e. The van der Waals surface area contributed by atoms with Gasteiger partial charge in [0.2, 0.25) is 0 Å². The average molecular weight is 237 g/mol. The lowest BCUT2D eigenvalue weighted by atomic mass is 9.82. The zero-order valence-corrected chi connectivity index (χ0v) is 9.43. The first-order valence-electron chi connectivity index (χ1n) is 5.31. The van der Waals surface area contributed by atoms with Crippen molar-refractivity contribution in [1.29, 1.82) is 0 Å². The van der Waals surface area contributed by atoms with Gasteiger partial charge in [-0.2, -0.15) is 8.78 Å². The summed E-state index contributed by atoms with van der Waals surface area (Å²) in [6.07, 6.45) is -0.119. The molecule has 16 heavy (non-hydrogen) atoms. The fourth-order valence-electron chi connectivity index (χ4n) is 1.90. The second-order valence-electron chi connectivity index (χ2n) is 4.27. The lowest BCUT2D eigenvalue weighted by molar-refractivity contribution is -0.219. The van der Waals surface area contributed by atoms with Gasteiger partial charge in [0.05, 0.1) is 6.61 Å². The molecule has 1 heterocycles. The maximum Gasteiger partial charge on any atom is 0.380 e. The number of halogens is 2. The molecule has 1 aliphatic heterocycles. The number of hydrogen-bond acceptors (Lipinski definition) is 4. The topological polar surface area (TPSA) is 58.6 Å². The van der Waals surface area contributed by atoms with Gasteiger partial charge in [-0.25, -0.2) is 4.79 Å². The molecule has 1 aliphatic rings. The van der Waals surface area contributed by atoms with E-state index in [9.17, 15) is 18.7 Å². The number of piperidine rings is 1. The number of rotatable bonds is 3. The Bertz CT molecular complexity index is 273. The summed E-state index contributed by atoms with van der Waals surface area (Å²) in [4.78, 5) is 11.1. The van der Waals surface area contributed by atoms with Crippen LogP contribution in [0.4, 0.5) is 8.78 Å². The van der Waals surface area contributed by atoms with Crippen LogP contribution in [-0.4, -0.2) is 42.3 Å². The Morgan fingerprint density at radius 3 is 2.81 bits per heavy atom. The highest BCUT2D eigenvalue weighted by Crippen LogP contribution is 2.36. The lowest BCUT2D eigenvalue weighted by Gasteiger charge is -2.39. The summed E-state index contributed by atoms with van der Waals surface area (Å²) in [5.74, 6) is -5.64. The van der Waals surface area contributed by atoms with Gasteiger partial charge in [0.25, 0.3) is 0 Å². The van der Waals surface area contributed by atoms with Gasteiger partial charge in [-0.05, 0) is 25.8 Å². The molecule has 0 amide bonds. The molecule has 4 nitrogen and oxygen atoms in total. The summed E-state index contributed by atoms with van der Waals surface area (Å²) in [5.41, 5.74) is -2.35. The van der Waals surface area contributed by atoms with E-state index in [1.54, 1.807) is 6.92 Å². The maximum absolute atomic E-state index is 13.7. The van der Waals surface area contributed by atoms with Crippen LogP contribution in [0.15, 0.2) is 0 Å². The molecule has 0 bridgehead atoms. The standard InChI is InChI=1S/C10H17F2NO3/c1-3-16-8(14)10(11,12)9(15)4-7(2)5-13-6-9/h7,13,15H,3-6H2,1-2H3. The van der Waals surface area contributed by atoms with E-state index in [0.717, 1.165) is 0 Å². The summed E-state index contributed by atoms with van der Waals surface area (Å²) in [5, 5.41) is 12.5. The minimum atomic E-state index is -3.87. The molecular weight excluding hydrogens is 220 g/mol. The molecule has 2 N–H and O–H groups in total. The Morgan fingerprint density at radius 2 is 2.31 bits per heavy atom. The van der Waals surface area contributed by atoms with E-state index in [4.69, 9.17) is 0 Å². The number of carbonyl (C=O) groups is 1. The minimum absolute atomic E-state index is 0.112. The second-order valence-corrected chi connectivity index (χ2v) is 4.27. The number of alkyl halides is 2. The first kappa shape index (κ1) is 13.3. The number of aliphatic hydroxyl groups is 1. The largest absolute Gasteiger partial charge is 0.461 e. The van der Waals surface area contributed by atoms with Crippen molar-refractivity contribution < 1.29 is 23.4 Å². The number of carbonyl (C=O) groups excluding carboxylic acids is 1. The van der Waals surface area contributed by atoms with Crippen LogP contribution >= 0.6 is 0 Å². The number of β-amino-alcohol motifs (C(OH)–C–C–N with tert-alkyl or cyclic N) is 1. The summed E-state index contributed by atoms with van der Waals surface area (Å²) >= 11 is 0. The van der Waals surface area contributed by atoms with E-state index >= 15 is 0 Å². The van der Waals surface area contributed by atoms with Crippen molar-refractivity contribution in [3.63, 3.8) is 0 Å². The van der Waals surface area contributed by atoms with Gasteiger partial charge in [0.15, 0.2) is 5.60 Å². The first-order chi connectivity index (χ1) is 7.33. The van der Waals surface area contributed by atoms with E-state index in [0.29, 0.717) is 6.54 Å². The molecular formula is C10H17F2NO3. The molecule has 1 saturated heterocycles. The van der Waals surface area contributed by atoms with Crippen LogP contribution in [0.25, 0.3) is 0 Å². The molecule has 1 fully saturated rings. The second kappa shape index (κ2) is 4.63. The predicted octanol–water partition coefficient (Wildman–Crippen LogP) is 0.545. The zero-order chi connectivity index (χ0) is 12.4. The predicted molar refractivity (Wildman–Crippen MR) is 53.2 cm³/mol. The quantitative estimate of drug-likeness (QED) is 0.704. The third kappa shape index (κ3) is 2.32. The van der Waals surface area contributed by atoms with Gasteiger partial charge in [0, 0.05) is 6.54 Å². The molecule has 2 unspecified atom stereocenters. The van der Waals surface area contributed by atoms with Crippen LogP contribution in [-0.2, 0) is 9.53 Å². The van der Waals surface area contributed by atoms with E-state index in [2.05, 4.69) is 10.1 Å². The molecule has 94 valence electrons. The molecule has 0 saturated carbocycles. The van der Waals surface area contributed by atoms with Gasteiger partial charge in [-0.3, -0.25) is 0 Å². The van der Waals surface area contributed by atoms with Crippen molar-refractivity contribution in [2.24, 2.45) is 5.92 Å². The van der Waals surface area contributed by atoms with E-state index in [-0.39, 0.29) is 25.5 Å². The molecule has 0 aromatic heterocycles. The van der Waals surface area contributed by atoms with Crippen LogP contribution in [0.1, 0.15) is 20.3 Å². The Hall–Kier alpha value is -0.750. The number of esters is 1. The molecule has 0 spiro atoms. The average Bonchev–Trinajstić information content (AvgIpc) is 2.17. The van der Waals surface area contributed by atoms with Crippen molar-refractivity contribution in [3.8, 4) is 0 Å². The maximum atomic E-state index is 13.7. The summed E-state index contributed by atoms with van der Waals surface area (Å²) in [6, 6.07) is 0. The monoisotopic (exact) mass is 237 g/mol. The van der Waals surface area contributed by atoms with E-state index < -0.39 is 17.5 Å². The Balaban J connectivity index is 2.83. The summed E-state index contributed by atoms with van der Waals surface area (Å²) in [7, 11) is 0. The van der Waals surface area contributed by atoms with Crippen molar-refractivity contribution in [2.45, 2.75) is 31.8 Å². The molecule has 0 aromatic rings. The molecule has 1 rings (SSSR count). The van der Waals surface area contributed by atoms with Gasteiger partial charge >= 0.3 is 11.9 Å². The van der Waals surface area contributed by atoms with Crippen molar-refractivity contribution in [3.05, 3.63) is 0 Å². The van der Waals surface area contributed by atoms with Crippen LogP contribution in [0.2, 0.25) is 0 Å². The van der Waals surface area contributed by atoms with Crippen LogP contribution in [0.3, 0.4) is 0 Å². The molecule has 2 atom stereocenters. The van der Waals surface area contributed by atoms with Crippen molar-refractivity contribution in [1.82, 2.24) is 5.32 Å². The number of hydrogen-bond donors (Lipinski definition) is 2. The first-order valence-corrected chi connectivity index (χ1v) is 5.31. The SMILES string of the molecule is CCOC(=O)C(F)(F)C1(O)CNCC(C)C1. The molecule has 0 aromatic carbocycles. The zero-order valence-electron chi connectivity index (χ0n) is 9.43. The number of ether oxygens (including phenoxy) is 1. The highest BCUT2D eigenvalue weighted by molar-refractivity contribution is 5.79. The van der Waals surface area contributed by atoms with Crippen LogP contribution < -0.4 is 5.32 Å². The third-order valence-corrected chi connectivity index (χ3v) is 2.71. The van der Waals surface area contributed by atoms with Gasteiger partial charge in [-0.1, -0.05) is 6.92 Å². The van der Waals surface area contributed by atoms with Crippen LogP contribution in [0.5, 0.6) is 0 Å². The highest BCUT2D eigenvalue weighted by atomic mass is 19.3. The van der Waals surface area contributed by atoms with Gasteiger partial charge in [0.1, 0.15) is 0 Å². The lowest BCUT2D eigenvalue weighted by Crippen LogP contribution is -2.62. The fraction of sp³-hybridized carbons (Fsp3) is 0.900. The Kier molecular flexibility index (Phi) is 3.85. The highest BCUT2D eigenvalue weighted by Gasteiger charge is 2.60. The fourth-order valence-corrected chi connectivity index (χ4v) is 1.90. The molecule has 6 heteroatoms. The van der Waals surface area contributed by atoms with Gasteiger partial charge < -0.3 is 15.2 Å². The number of nitrogens with one attached hydrogen (secondary N) is 1. The van der Waals surface area contributed by atoms with Crippen LogP contribution in [0, 0.1) is 5.92 Å². The van der Waals surface area contributed by atoms with Crippen molar-refractivity contribution in [2.75, 3.05) is 19.7 Å². The van der Waals surface area contributed by atoms with Crippen molar-refractivity contribution >= 4 is 5.97 Å². The van der Waals surface area contributed by atoms with Gasteiger partial charge in [-0.15, -0.1) is 0 Å². The Morgan fingerprint density at radius 1 is 1.69 bits per heavy atom. The normalized spacial score (nSPS) is 31.2. The van der Waals surface area contributed by atoms with E-state index in [1.807, 2.05) is 0 Å².